The topological polar surface area (TPSA) is 190 Å². The van der Waals surface area contributed by atoms with Crippen molar-refractivity contribution < 1.29 is 9.59 Å². The maximum atomic E-state index is 12.8. The van der Waals surface area contributed by atoms with Gasteiger partial charge in [-0.15, -0.1) is 0 Å². The van der Waals surface area contributed by atoms with Crippen molar-refractivity contribution in [1.82, 2.24) is 44.6 Å². The lowest BCUT2D eigenvalue weighted by atomic mass is 9.92. The van der Waals surface area contributed by atoms with Crippen LogP contribution in [0, 0.1) is 5.92 Å². The molecule has 2 aromatic carbocycles. The summed E-state index contributed by atoms with van der Waals surface area (Å²) in [5, 5.41) is 19.6. The standard InChI is InChI=1S/C39H42ClN13O3/c1-21-20-53(16-13-28(21)44-23-7-9-24-30(18-23)52(5)50-32(24)25-10-12-31(54)46-35(25)55)37-43-19-27(40)34(47-37)45-22-8-11-29-26(17-22)33(48-38(56)51(29)4)49-39(2,3)36-41-14-6-15-42-36/h6-9,11,14-15,17-19,21,25,28,44H,10,12-13,16,20H2,1-5H3,(H,43,45,47)(H,46,54,55)(H,48,49,56)/t21-,25?,28+/m1/s1. The number of fused-ring (bicyclic) bond motifs is 2. The molecular weight excluding hydrogens is 734 g/mol. The molecule has 3 atom stereocenters. The molecule has 2 aliphatic heterocycles. The van der Waals surface area contributed by atoms with Crippen LogP contribution < -0.4 is 31.9 Å². The number of hydrogen-bond acceptors (Lipinski definition) is 13. The Morgan fingerprint density at radius 3 is 2.46 bits per heavy atom. The zero-order valence-corrected chi connectivity index (χ0v) is 32.4. The smallest absolute Gasteiger partial charge is 0.349 e. The van der Waals surface area contributed by atoms with Crippen molar-refractivity contribution in [2.24, 2.45) is 20.0 Å². The number of carbonyl (C=O) groups is 2. The van der Waals surface area contributed by atoms with Gasteiger partial charge in [0.1, 0.15) is 10.8 Å². The Hall–Kier alpha value is -6.16. The van der Waals surface area contributed by atoms with Crippen molar-refractivity contribution >= 4 is 74.2 Å². The second kappa shape index (κ2) is 14.5. The van der Waals surface area contributed by atoms with Crippen LogP contribution in [0.4, 0.5) is 29.0 Å². The number of piperidine rings is 2. The van der Waals surface area contributed by atoms with E-state index in [-0.39, 0.29) is 23.8 Å². The number of halogens is 1. The summed E-state index contributed by atoms with van der Waals surface area (Å²) in [6.45, 7) is 7.51. The Bertz CT molecular complexity index is 2560. The number of imide groups is 1. The van der Waals surface area contributed by atoms with E-state index in [4.69, 9.17) is 16.6 Å². The first-order valence-electron chi connectivity index (χ1n) is 18.5. The second-order valence-corrected chi connectivity index (χ2v) is 15.5. The predicted molar refractivity (Wildman–Crippen MR) is 215 cm³/mol. The lowest BCUT2D eigenvalue weighted by Gasteiger charge is -2.37. The number of anilines is 5. The lowest BCUT2D eigenvalue weighted by Crippen LogP contribution is -2.46. The van der Waals surface area contributed by atoms with Crippen molar-refractivity contribution in [2.75, 3.05) is 33.9 Å². The maximum Gasteiger partial charge on any atom is 0.349 e. The van der Waals surface area contributed by atoms with Crippen LogP contribution in [0.2, 0.25) is 5.02 Å². The number of hydrogen-bond donors (Lipinski definition) is 4. The molecule has 288 valence electrons. The minimum atomic E-state index is -0.724. The highest BCUT2D eigenvalue weighted by Crippen LogP contribution is 2.34. The Morgan fingerprint density at radius 1 is 0.911 bits per heavy atom. The Balaban J connectivity index is 0.972. The average Bonchev–Trinajstić information content (AvgIpc) is 3.50. The van der Waals surface area contributed by atoms with Crippen LogP contribution in [-0.4, -0.2) is 70.2 Å². The third-order valence-electron chi connectivity index (χ3n) is 10.6. The van der Waals surface area contributed by atoms with Gasteiger partial charge in [-0.05, 0) is 75.1 Å². The summed E-state index contributed by atoms with van der Waals surface area (Å²) in [5.41, 5.74) is 2.86. The van der Waals surface area contributed by atoms with E-state index in [9.17, 15) is 14.4 Å². The number of benzene rings is 2. The molecule has 16 nitrogen and oxygen atoms in total. The molecule has 2 saturated heterocycles. The summed E-state index contributed by atoms with van der Waals surface area (Å²) in [4.78, 5) is 61.9. The van der Waals surface area contributed by atoms with Crippen molar-refractivity contribution in [3.63, 3.8) is 0 Å². The molecule has 4 aromatic heterocycles. The molecule has 56 heavy (non-hydrogen) atoms. The van der Waals surface area contributed by atoms with Gasteiger partial charge < -0.3 is 20.9 Å². The number of aromatic nitrogens is 8. The van der Waals surface area contributed by atoms with E-state index in [1.807, 2.05) is 51.2 Å². The zero-order valence-electron chi connectivity index (χ0n) is 31.7. The Kier molecular flexibility index (Phi) is 9.52. The van der Waals surface area contributed by atoms with Crippen molar-refractivity contribution in [3.8, 4) is 0 Å². The molecule has 6 heterocycles. The normalized spacial score (nSPS) is 19.0. The molecule has 6 aromatic rings. The Labute approximate surface area is 327 Å². The molecule has 0 aliphatic carbocycles. The first kappa shape index (κ1) is 36.8. The summed E-state index contributed by atoms with van der Waals surface area (Å²) in [7, 11) is 3.56. The van der Waals surface area contributed by atoms with E-state index < -0.39 is 17.1 Å². The highest BCUT2D eigenvalue weighted by Gasteiger charge is 2.32. The molecule has 2 fully saturated rings. The number of rotatable bonds is 9. The second-order valence-electron chi connectivity index (χ2n) is 15.1. The molecule has 2 amide bonds. The van der Waals surface area contributed by atoms with Crippen LogP contribution in [0.3, 0.4) is 0 Å². The fourth-order valence-corrected chi connectivity index (χ4v) is 7.71. The predicted octanol–water partition coefficient (Wildman–Crippen LogP) is 4.99. The quantitative estimate of drug-likeness (QED) is 0.144. The number of carbonyl (C=O) groups excluding carboxylic acids is 2. The molecule has 0 spiro atoms. The van der Waals surface area contributed by atoms with E-state index in [1.165, 1.54) is 4.57 Å². The SMILES string of the molecule is C[C@@H]1CN(c2ncc(Cl)c(Nc3ccc4c(c3)c(NC(C)(C)c3ncccn3)nc(=O)n4C)n2)CC[C@@H]1Nc1ccc2c(C3CCC(=O)NC3=O)nn(C)c2c1. The third-order valence-corrected chi connectivity index (χ3v) is 10.9. The summed E-state index contributed by atoms with van der Waals surface area (Å²) in [6, 6.07) is 13.7. The van der Waals surface area contributed by atoms with Gasteiger partial charge in [-0.1, -0.05) is 18.5 Å². The molecule has 17 heteroatoms. The van der Waals surface area contributed by atoms with Gasteiger partial charge in [0, 0.05) is 74.2 Å². The van der Waals surface area contributed by atoms with Gasteiger partial charge in [-0.25, -0.2) is 19.7 Å². The van der Waals surface area contributed by atoms with Crippen molar-refractivity contribution in [1.29, 1.82) is 0 Å². The van der Waals surface area contributed by atoms with Crippen molar-refractivity contribution in [2.45, 2.75) is 57.5 Å². The Morgan fingerprint density at radius 2 is 1.70 bits per heavy atom. The molecule has 0 bridgehead atoms. The average molecular weight is 776 g/mol. The van der Waals surface area contributed by atoms with Gasteiger partial charge in [0.2, 0.25) is 17.8 Å². The van der Waals surface area contributed by atoms with Gasteiger partial charge in [0.15, 0.2) is 11.6 Å². The highest BCUT2D eigenvalue weighted by molar-refractivity contribution is 6.33. The fraction of sp³-hybridized carbons (Fsp3) is 0.359. The molecular formula is C39H42ClN13O3. The molecule has 4 N–H and O–H groups in total. The lowest BCUT2D eigenvalue weighted by molar-refractivity contribution is -0.134. The van der Waals surface area contributed by atoms with Gasteiger partial charge in [-0.3, -0.25) is 24.2 Å². The van der Waals surface area contributed by atoms with Crippen LogP contribution in [0.25, 0.3) is 21.8 Å². The van der Waals surface area contributed by atoms with Crippen LogP contribution in [0.15, 0.2) is 65.8 Å². The van der Waals surface area contributed by atoms with Gasteiger partial charge in [0.05, 0.1) is 34.4 Å². The molecule has 0 radical (unpaired) electrons. The molecule has 1 unspecified atom stereocenters. The van der Waals surface area contributed by atoms with E-state index in [0.29, 0.717) is 63.6 Å². The van der Waals surface area contributed by atoms with Crippen LogP contribution in [-0.2, 0) is 29.2 Å². The molecule has 2 aliphatic rings. The van der Waals surface area contributed by atoms with Gasteiger partial charge in [-0.2, -0.15) is 15.1 Å². The number of nitrogens with zero attached hydrogens (tertiary/aromatic N) is 9. The molecule has 0 saturated carbocycles. The minimum absolute atomic E-state index is 0.194. The monoisotopic (exact) mass is 775 g/mol. The van der Waals surface area contributed by atoms with E-state index >= 15 is 0 Å². The van der Waals surface area contributed by atoms with Crippen LogP contribution in [0.5, 0.6) is 0 Å². The largest absolute Gasteiger partial charge is 0.382 e. The van der Waals surface area contributed by atoms with E-state index in [1.54, 1.807) is 36.4 Å². The third kappa shape index (κ3) is 7.07. The fourth-order valence-electron chi connectivity index (χ4n) is 7.58. The maximum absolute atomic E-state index is 12.8. The van der Waals surface area contributed by atoms with E-state index in [2.05, 4.69) is 64.2 Å². The number of aryl methyl sites for hydroxylation is 2. The van der Waals surface area contributed by atoms with Gasteiger partial charge in [0.25, 0.3) is 0 Å². The summed E-state index contributed by atoms with van der Waals surface area (Å²) >= 11 is 6.65. The first-order valence-corrected chi connectivity index (χ1v) is 18.9. The summed E-state index contributed by atoms with van der Waals surface area (Å²) in [6.07, 6.45) is 6.57. The summed E-state index contributed by atoms with van der Waals surface area (Å²) in [5.74, 6) is 1.25. The van der Waals surface area contributed by atoms with E-state index in [0.717, 1.165) is 36.1 Å². The van der Waals surface area contributed by atoms with Crippen LogP contribution >= 0.6 is 11.6 Å². The highest BCUT2D eigenvalue weighted by atomic mass is 35.5. The first-order chi connectivity index (χ1) is 26.8. The minimum Gasteiger partial charge on any atom is -0.382 e. The molecule has 8 rings (SSSR count). The zero-order chi connectivity index (χ0) is 39.3. The number of amides is 2. The summed E-state index contributed by atoms with van der Waals surface area (Å²) < 4.78 is 3.30. The van der Waals surface area contributed by atoms with Gasteiger partial charge >= 0.3 is 5.69 Å². The van der Waals surface area contributed by atoms with Crippen molar-refractivity contribution in [3.05, 3.63) is 88.1 Å². The number of nitrogens with one attached hydrogen (secondary N) is 4. The van der Waals surface area contributed by atoms with Crippen LogP contribution in [0.1, 0.15) is 57.5 Å².